The predicted octanol–water partition coefficient (Wildman–Crippen LogP) is 1.69. The van der Waals surface area contributed by atoms with E-state index in [1.54, 1.807) is 4.68 Å². The maximum atomic E-state index is 9.30. The third-order valence-corrected chi connectivity index (χ3v) is 3.26. The molecule has 1 aromatic heterocycles. The van der Waals surface area contributed by atoms with Gasteiger partial charge in [0.15, 0.2) is 0 Å². The van der Waals surface area contributed by atoms with Crippen LogP contribution in [-0.4, -0.2) is 15.0 Å². The van der Waals surface area contributed by atoms with E-state index < -0.39 is 0 Å². The largest absolute Gasteiger partial charge is 0.255 e. The Morgan fingerprint density at radius 1 is 1.73 bits per heavy atom. The maximum Gasteiger partial charge on any atom is 0.0842 e. The molecule has 80 valence electrons. The Morgan fingerprint density at radius 3 is 3.00 bits per heavy atom. The normalized spacial score (nSPS) is 30.3. The lowest BCUT2D eigenvalue weighted by Gasteiger charge is -2.18. The van der Waals surface area contributed by atoms with Crippen molar-refractivity contribution in [1.82, 2.24) is 15.0 Å². The third kappa shape index (κ3) is 2.01. The van der Waals surface area contributed by atoms with Gasteiger partial charge >= 0.3 is 0 Å². The van der Waals surface area contributed by atoms with Crippen molar-refractivity contribution in [2.45, 2.75) is 32.6 Å². The van der Waals surface area contributed by atoms with Gasteiger partial charge in [-0.2, -0.15) is 5.26 Å². The Hall–Kier alpha value is -1.37. The van der Waals surface area contributed by atoms with Crippen LogP contribution in [0.15, 0.2) is 6.20 Å². The number of hydrogen-bond acceptors (Lipinski definition) is 3. The molecule has 1 aromatic rings. The molecular formula is C11H16N4. The molecule has 0 bridgehead atoms. The highest BCUT2D eigenvalue weighted by Crippen LogP contribution is 2.43. The van der Waals surface area contributed by atoms with Crippen molar-refractivity contribution in [3.8, 4) is 6.07 Å². The molecule has 1 heterocycles. The van der Waals surface area contributed by atoms with Crippen LogP contribution in [0.3, 0.4) is 0 Å². The van der Waals surface area contributed by atoms with Gasteiger partial charge in [-0.25, -0.2) is 0 Å². The molecule has 0 saturated heterocycles. The molecule has 0 radical (unpaired) electrons. The molecule has 1 aliphatic carbocycles. The molecule has 4 heteroatoms. The highest BCUT2D eigenvalue weighted by Gasteiger charge is 2.38. The summed E-state index contributed by atoms with van der Waals surface area (Å²) in [5.41, 5.74) is 0.753. The molecule has 0 N–H and O–H groups in total. The first-order chi connectivity index (χ1) is 7.13. The minimum Gasteiger partial charge on any atom is -0.255 e. The molecular weight excluding hydrogens is 188 g/mol. The summed E-state index contributed by atoms with van der Waals surface area (Å²) in [6, 6.07) is 2.49. The van der Waals surface area contributed by atoms with Crippen LogP contribution in [0.1, 0.15) is 31.9 Å². The quantitative estimate of drug-likeness (QED) is 0.736. The zero-order valence-electron chi connectivity index (χ0n) is 9.27. The Balaban J connectivity index is 2.13. The maximum absolute atomic E-state index is 9.30. The van der Waals surface area contributed by atoms with Crippen molar-refractivity contribution in [3.05, 3.63) is 11.9 Å². The van der Waals surface area contributed by atoms with E-state index in [9.17, 15) is 5.26 Å². The number of rotatable bonds is 2. The summed E-state index contributed by atoms with van der Waals surface area (Å²) < 4.78 is 1.69. The van der Waals surface area contributed by atoms with E-state index in [4.69, 9.17) is 0 Å². The number of aromatic nitrogens is 3. The summed E-state index contributed by atoms with van der Waals surface area (Å²) in [5.74, 6) is 0.668. The second kappa shape index (κ2) is 3.65. The topological polar surface area (TPSA) is 54.5 Å². The lowest BCUT2D eigenvalue weighted by molar-refractivity contribution is 0.387. The van der Waals surface area contributed by atoms with Crippen molar-refractivity contribution in [2.24, 2.45) is 18.4 Å². The van der Waals surface area contributed by atoms with Crippen molar-refractivity contribution < 1.29 is 0 Å². The molecule has 0 spiro atoms. The molecule has 0 aromatic carbocycles. The first kappa shape index (κ1) is 10.2. The molecule has 0 amide bonds. The molecule has 4 nitrogen and oxygen atoms in total. The predicted molar refractivity (Wildman–Crippen MR) is 55.8 cm³/mol. The highest BCUT2D eigenvalue weighted by molar-refractivity contribution is 5.10. The molecule has 2 unspecified atom stereocenters. The van der Waals surface area contributed by atoms with Gasteiger partial charge in [-0.1, -0.05) is 12.1 Å². The zero-order chi connectivity index (χ0) is 10.9. The van der Waals surface area contributed by atoms with Crippen molar-refractivity contribution in [1.29, 1.82) is 5.26 Å². The molecule has 0 aliphatic heterocycles. The molecule has 1 saturated carbocycles. The van der Waals surface area contributed by atoms with Gasteiger partial charge < -0.3 is 0 Å². The van der Waals surface area contributed by atoms with Crippen LogP contribution in [0.4, 0.5) is 0 Å². The second-order valence-electron chi connectivity index (χ2n) is 4.80. The molecule has 1 fully saturated rings. The van der Waals surface area contributed by atoms with E-state index in [2.05, 4.69) is 23.3 Å². The van der Waals surface area contributed by atoms with Crippen LogP contribution in [0.25, 0.3) is 0 Å². The van der Waals surface area contributed by atoms with Crippen LogP contribution in [0.2, 0.25) is 0 Å². The van der Waals surface area contributed by atoms with Gasteiger partial charge in [0, 0.05) is 19.7 Å². The molecule has 2 rings (SSSR count). The highest BCUT2D eigenvalue weighted by atomic mass is 15.4. The first-order valence-electron chi connectivity index (χ1n) is 5.40. The molecule has 2 atom stereocenters. The number of aryl methyl sites for hydroxylation is 1. The van der Waals surface area contributed by atoms with Crippen LogP contribution >= 0.6 is 0 Å². The first-order valence-corrected chi connectivity index (χ1v) is 5.40. The summed E-state index contributed by atoms with van der Waals surface area (Å²) in [6.07, 6.45) is 5.82. The minimum atomic E-state index is -0.185. The van der Waals surface area contributed by atoms with Crippen LogP contribution in [0.5, 0.6) is 0 Å². The monoisotopic (exact) mass is 204 g/mol. The number of hydrogen-bond donors (Lipinski definition) is 0. The Morgan fingerprint density at radius 2 is 2.53 bits per heavy atom. The fourth-order valence-corrected chi connectivity index (χ4v) is 2.52. The molecule has 15 heavy (non-hydrogen) atoms. The summed E-state index contributed by atoms with van der Waals surface area (Å²) in [7, 11) is 1.85. The van der Waals surface area contributed by atoms with E-state index >= 15 is 0 Å². The smallest absolute Gasteiger partial charge is 0.0842 e. The standard InChI is InChI=1S/C11H16N4/c1-9-3-4-11(5-9,8-12)6-10-7-15(2)14-13-10/h7,9H,3-6H2,1-2H3. The van der Waals surface area contributed by atoms with Gasteiger partial charge in [0.05, 0.1) is 17.2 Å². The Kier molecular flexibility index (Phi) is 2.47. The SMILES string of the molecule is CC1CCC(C#N)(Cc2cn(C)nn2)C1. The van der Waals surface area contributed by atoms with Crippen LogP contribution in [-0.2, 0) is 13.5 Å². The Bertz CT molecular complexity index is 390. The van der Waals surface area contributed by atoms with Gasteiger partial charge in [0.1, 0.15) is 0 Å². The lowest BCUT2D eigenvalue weighted by Crippen LogP contribution is -2.18. The van der Waals surface area contributed by atoms with Crippen molar-refractivity contribution >= 4 is 0 Å². The van der Waals surface area contributed by atoms with Gasteiger partial charge in [-0.15, -0.1) is 5.10 Å². The van der Waals surface area contributed by atoms with E-state index in [1.807, 2.05) is 13.2 Å². The van der Waals surface area contributed by atoms with Gasteiger partial charge in [0.2, 0.25) is 0 Å². The van der Waals surface area contributed by atoms with E-state index in [1.165, 1.54) is 0 Å². The summed E-state index contributed by atoms with van der Waals surface area (Å²) in [6.45, 7) is 2.22. The third-order valence-electron chi connectivity index (χ3n) is 3.26. The van der Waals surface area contributed by atoms with Gasteiger partial charge in [0.25, 0.3) is 0 Å². The van der Waals surface area contributed by atoms with E-state index in [0.29, 0.717) is 5.92 Å². The van der Waals surface area contributed by atoms with Crippen molar-refractivity contribution in [2.75, 3.05) is 0 Å². The fraction of sp³-hybridized carbons (Fsp3) is 0.727. The van der Waals surface area contributed by atoms with Crippen molar-refractivity contribution in [3.63, 3.8) is 0 Å². The zero-order valence-corrected chi connectivity index (χ0v) is 9.27. The Labute approximate surface area is 89.9 Å². The summed E-state index contributed by atoms with van der Waals surface area (Å²) in [5, 5.41) is 17.3. The second-order valence-corrected chi connectivity index (χ2v) is 4.80. The lowest BCUT2D eigenvalue weighted by atomic mass is 9.82. The molecule has 1 aliphatic rings. The van der Waals surface area contributed by atoms with Crippen LogP contribution in [0, 0.1) is 22.7 Å². The minimum absolute atomic E-state index is 0.185. The van der Waals surface area contributed by atoms with E-state index in [-0.39, 0.29) is 5.41 Å². The average Bonchev–Trinajstić information content (AvgIpc) is 2.75. The summed E-state index contributed by atoms with van der Waals surface area (Å²) >= 11 is 0. The average molecular weight is 204 g/mol. The van der Waals surface area contributed by atoms with E-state index in [0.717, 1.165) is 31.4 Å². The van der Waals surface area contributed by atoms with Gasteiger partial charge in [-0.3, -0.25) is 4.68 Å². The van der Waals surface area contributed by atoms with Gasteiger partial charge in [-0.05, 0) is 25.2 Å². The fourth-order valence-electron chi connectivity index (χ4n) is 2.52. The summed E-state index contributed by atoms with van der Waals surface area (Å²) in [4.78, 5) is 0. The number of nitriles is 1. The number of nitrogens with zero attached hydrogens (tertiary/aromatic N) is 4. The van der Waals surface area contributed by atoms with Crippen LogP contribution < -0.4 is 0 Å².